The first-order valence-electron chi connectivity index (χ1n) is 13.3. The molecular formula is C34H20BrCl2N3O3. The van der Waals surface area contributed by atoms with Crippen molar-refractivity contribution in [3.63, 3.8) is 0 Å². The Morgan fingerprint density at radius 2 is 1.60 bits per heavy atom. The van der Waals surface area contributed by atoms with Crippen LogP contribution in [0, 0.1) is 0 Å². The van der Waals surface area contributed by atoms with E-state index in [2.05, 4.69) is 39.2 Å². The Kier molecular flexibility index (Phi) is 7.23. The van der Waals surface area contributed by atoms with Gasteiger partial charge in [0.05, 0.1) is 27.2 Å². The number of rotatable bonds is 6. The second kappa shape index (κ2) is 11.3. The standard InChI is InChI=1S/C34H20BrCl2N3O3/c35-24-12-13-30-23(16-24)17-31(43-30)33-39-29-11-4-3-10-26(29)34(41)40(33)38-18-20-14-27(36)32(28(37)15-20)42-19-22-8-5-7-21-6-1-2-9-25(21)22/h1-18H,19H2. The Labute approximate surface area is 263 Å². The zero-order valence-electron chi connectivity index (χ0n) is 22.3. The van der Waals surface area contributed by atoms with E-state index in [0.717, 1.165) is 26.2 Å². The highest BCUT2D eigenvalue weighted by Crippen LogP contribution is 2.35. The molecule has 0 atom stereocenters. The summed E-state index contributed by atoms with van der Waals surface area (Å²) in [6.07, 6.45) is 1.51. The van der Waals surface area contributed by atoms with Crippen molar-refractivity contribution in [1.82, 2.24) is 9.66 Å². The second-order valence-corrected chi connectivity index (χ2v) is 11.6. The third kappa shape index (κ3) is 5.31. The molecule has 0 aliphatic heterocycles. The number of fused-ring (bicyclic) bond motifs is 3. The number of benzene rings is 5. The maximum atomic E-state index is 13.6. The highest BCUT2D eigenvalue weighted by atomic mass is 79.9. The molecule has 0 bridgehead atoms. The van der Waals surface area contributed by atoms with Gasteiger partial charge in [-0.1, -0.05) is 93.7 Å². The molecule has 210 valence electrons. The molecule has 7 aromatic rings. The van der Waals surface area contributed by atoms with E-state index in [4.69, 9.17) is 37.3 Å². The van der Waals surface area contributed by atoms with Crippen LogP contribution in [0.1, 0.15) is 11.1 Å². The van der Waals surface area contributed by atoms with Gasteiger partial charge in [0.1, 0.15) is 12.2 Å². The maximum absolute atomic E-state index is 13.6. The Bertz CT molecular complexity index is 2250. The fraction of sp³-hybridized carbons (Fsp3) is 0.0294. The van der Waals surface area contributed by atoms with E-state index in [1.54, 1.807) is 30.3 Å². The Hall–Kier alpha value is -4.43. The number of halogens is 3. The summed E-state index contributed by atoms with van der Waals surface area (Å²) in [4.78, 5) is 18.3. The van der Waals surface area contributed by atoms with E-state index in [1.165, 1.54) is 10.9 Å². The molecule has 0 aliphatic rings. The molecular weight excluding hydrogens is 649 g/mol. The summed E-state index contributed by atoms with van der Waals surface area (Å²) in [5.41, 5.74) is 2.45. The van der Waals surface area contributed by atoms with Gasteiger partial charge in [-0.15, -0.1) is 0 Å². The van der Waals surface area contributed by atoms with Crippen molar-refractivity contribution < 1.29 is 9.15 Å². The third-order valence-corrected chi connectivity index (χ3v) is 8.10. The Morgan fingerprint density at radius 3 is 2.44 bits per heavy atom. The average molecular weight is 669 g/mol. The van der Waals surface area contributed by atoms with Crippen LogP contribution in [-0.4, -0.2) is 15.9 Å². The van der Waals surface area contributed by atoms with Crippen LogP contribution in [0.2, 0.25) is 10.0 Å². The molecule has 0 aliphatic carbocycles. The first-order valence-corrected chi connectivity index (χ1v) is 14.8. The lowest BCUT2D eigenvalue weighted by molar-refractivity contribution is 0.308. The minimum atomic E-state index is -0.342. The van der Waals surface area contributed by atoms with E-state index in [9.17, 15) is 4.79 Å². The van der Waals surface area contributed by atoms with Crippen molar-refractivity contribution in [2.75, 3.05) is 0 Å². The van der Waals surface area contributed by atoms with E-state index >= 15 is 0 Å². The van der Waals surface area contributed by atoms with Gasteiger partial charge in [0.15, 0.2) is 11.5 Å². The molecule has 0 saturated carbocycles. The van der Waals surface area contributed by atoms with E-state index in [0.29, 0.717) is 50.2 Å². The number of para-hydroxylation sites is 1. The van der Waals surface area contributed by atoms with Crippen LogP contribution in [-0.2, 0) is 6.61 Å². The van der Waals surface area contributed by atoms with E-state index < -0.39 is 0 Å². The molecule has 0 N–H and O–H groups in total. The molecule has 0 unspecified atom stereocenters. The van der Waals surface area contributed by atoms with Gasteiger partial charge < -0.3 is 9.15 Å². The fourth-order valence-corrected chi connectivity index (χ4v) is 5.99. The largest absolute Gasteiger partial charge is 0.486 e. The number of furan rings is 1. The highest BCUT2D eigenvalue weighted by molar-refractivity contribution is 9.10. The fourth-order valence-electron chi connectivity index (χ4n) is 5.00. The highest BCUT2D eigenvalue weighted by Gasteiger charge is 2.17. The van der Waals surface area contributed by atoms with Crippen LogP contribution in [0.25, 0.3) is 44.2 Å². The van der Waals surface area contributed by atoms with Gasteiger partial charge in [-0.05, 0) is 70.4 Å². The van der Waals surface area contributed by atoms with Crippen molar-refractivity contribution in [2.24, 2.45) is 5.10 Å². The van der Waals surface area contributed by atoms with Crippen molar-refractivity contribution >= 4 is 78.0 Å². The zero-order valence-corrected chi connectivity index (χ0v) is 25.4. The normalized spacial score (nSPS) is 11.7. The van der Waals surface area contributed by atoms with Crippen LogP contribution in [0.5, 0.6) is 5.75 Å². The zero-order chi connectivity index (χ0) is 29.5. The van der Waals surface area contributed by atoms with Gasteiger partial charge in [0.2, 0.25) is 5.82 Å². The molecule has 2 heterocycles. The van der Waals surface area contributed by atoms with Crippen molar-refractivity contribution in [3.05, 3.63) is 139 Å². The monoisotopic (exact) mass is 667 g/mol. The molecule has 5 aromatic carbocycles. The molecule has 7 rings (SSSR count). The number of nitrogens with zero attached hydrogens (tertiary/aromatic N) is 3. The quantitative estimate of drug-likeness (QED) is 0.166. The van der Waals surface area contributed by atoms with Crippen molar-refractivity contribution in [3.8, 4) is 17.3 Å². The lowest BCUT2D eigenvalue weighted by Crippen LogP contribution is -2.20. The summed E-state index contributed by atoms with van der Waals surface area (Å²) in [5.74, 6) is 1.04. The predicted octanol–water partition coefficient (Wildman–Crippen LogP) is 9.49. The van der Waals surface area contributed by atoms with Crippen LogP contribution < -0.4 is 10.3 Å². The van der Waals surface area contributed by atoms with Crippen molar-refractivity contribution in [2.45, 2.75) is 6.61 Å². The van der Waals surface area contributed by atoms with Gasteiger partial charge >= 0.3 is 0 Å². The summed E-state index contributed by atoms with van der Waals surface area (Å²) in [6, 6.07) is 32.2. The summed E-state index contributed by atoms with van der Waals surface area (Å²) in [6.45, 7) is 0.295. The van der Waals surface area contributed by atoms with E-state index in [1.807, 2.05) is 54.6 Å². The second-order valence-electron chi connectivity index (χ2n) is 9.85. The number of hydrogen-bond donors (Lipinski definition) is 0. The van der Waals surface area contributed by atoms with Crippen LogP contribution in [0.3, 0.4) is 0 Å². The first kappa shape index (κ1) is 27.4. The minimum Gasteiger partial charge on any atom is -0.486 e. The predicted molar refractivity (Wildman–Crippen MR) is 177 cm³/mol. The smallest absolute Gasteiger partial charge is 0.282 e. The number of hydrogen-bond acceptors (Lipinski definition) is 5. The first-order chi connectivity index (χ1) is 20.9. The Balaban J connectivity index is 1.24. The summed E-state index contributed by atoms with van der Waals surface area (Å²) >= 11 is 16.7. The molecule has 0 saturated heterocycles. The molecule has 0 fully saturated rings. The summed E-state index contributed by atoms with van der Waals surface area (Å²) < 4.78 is 14.3. The molecule has 2 aromatic heterocycles. The van der Waals surface area contributed by atoms with Gasteiger partial charge in [-0.3, -0.25) is 4.79 Å². The lowest BCUT2D eigenvalue weighted by atomic mass is 10.1. The van der Waals surface area contributed by atoms with Crippen LogP contribution in [0.15, 0.2) is 122 Å². The number of ether oxygens (including phenoxy) is 1. The Morgan fingerprint density at radius 1 is 0.860 bits per heavy atom. The molecule has 0 spiro atoms. The third-order valence-electron chi connectivity index (χ3n) is 7.05. The number of aromatic nitrogens is 2. The van der Waals surface area contributed by atoms with Gasteiger partial charge in [-0.25, -0.2) is 4.98 Å². The van der Waals surface area contributed by atoms with Gasteiger partial charge in [0, 0.05) is 9.86 Å². The van der Waals surface area contributed by atoms with Gasteiger partial charge in [-0.2, -0.15) is 9.78 Å². The SMILES string of the molecule is O=c1c2ccccc2nc(-c2cc3cc(Br)ccc3o2)n1N=Cc1cc(Cl)c(OCc2cccc3ccccc23)c(Cl)c1. The van der Waals surface area contributed by atoms with Gasteiger partial charge in [0.25, 0.3) is 5.56 Å². The molecule has 0 radical (unpaired) electrons. The van der Waals surface area contributed by atoms with Crippen LogP contribution in [0.4, 0.5) is 0 Å². The topological polar surface area (TPSA) is 69.6 Å². The molecule has 9 heteroatoms. The van der Waals surface area contributed by atoms with Crippen LogP contribution >= 0.6 is 39.1 Å². The molecule has 6 nitrogen and oxygen atoms in total. The lowest BCUT2D eigenvalue weighted by Gasteiger charge is -2.12. The molecule has 43 heavy (non-hydrogen) atoms. The molecule has 0 amide bonds. The summed E-state index contributed by atoms with van der Waals surface area (Å²) in [7, 11) is 0. The minimum absolute atomic E-state index is 0.263. The maximum Gasteiger partial charge on any atom is 0.282 e. The summed E-state index contributed by atoms with van der Waals surface area (Å²) in [5, 5.41) is 8.67. The van der Waals surface area contributed by atoms with Crippen molar-refractivity contribution in [1.29, 1.82) is 0 Å². The van der Waals surface area contributed by atoms with E-state index in [-0.39, 0.29) is 11.4 Å². The average Bonchev–Trinajstić information content (AvgIpc) is 3.43.